The Morgan fingerprint density at radius 2 is 1.88 bits per heavy atom. The van der Waals surface area contributed by atoms with Crippen molar-refractivity contribution in [1.29, 1.82) is 0 Å². The van der Waals surface area contributed by atoms with E-state index in [0.29, 0.717) is 26.2 Å². The number of esters is 1. The number of rotatable bonds is 7. The molecule has 0 saturated carbocycles. The van der Waals surface area contributed by atoms with E-state index in [-0.39, 0.29) is 17.9 Å². The third-order valence-electron chi connectivity index (χ3n) is 7.54. The molecule has 1 unspecified atom stereocenters. The van der Waals surface area contributed by atoms with Crippen LogP contribution in [0.3, 0.4) is 0 Å². The first-order valence-electron chi connectivity index (χ1n) is 13.9. The number of carbonyl (C=O) groups is 1. The molecule has 1 atom stereocenters. The Kier molecular flexibility index (Phi) is 8.06. The third kappa shape index (κ3) is 5.56. The number of non-ortho nitro benzene ring substituents is 1. The quantitative estimate of drug-likeness (QED) is 0.177. The van der Waals surface area contributed by atoms with Crippen molar-refractivity contribution in [1.82, 2.24) is 9.47 Å². The van der Waals surface area contributed by atoms with Crippen LogP contribution in [0.15, 0.2) is 81.4 Å². The lowest BCUT2D eigenvalue weighted by Crippen LogP contribution is -2.44. The average molecular weight is 616 g/mol. The lowest BCUT2D eigenvalue weighted by Gasteiger charge is -2.34. The van der Waals surface area contributed by atoms with E-state index in [1.165, 1.54) is 34.8 Å². The van der Waals surface area contributed by atoms with E-state index in [4.69, 9.17) is 9.73 Å². The van der Waals surface area contributed by atoms with Crippen molar-refractivity contribution >= 4 is 51.8 Å². The van der Waals surface area contributed by atoms with Crippen LogP contribution < -0.4 is 19.8 Å². The van der Waals surface area contributed by atoms with Gasteiger partial charge in [-0.1, -0.05) is 47.7 Å². The molecule has 2 aliphatic rings. The molecule has 12 heteroatoms. The fraction of sp³-hybridized carbons (Fsp3) is 0.258. The molecule has 0 aliphatic carbocycles. The summed E-state index contributed by atoms with van der Waals surface area (Å²) in [7, 11) is 2.06. The second-order valence-corrected chi connectivity index (χ2v) is 12.2. The van der Waals surface area contributed by atoms with Gasteiger partial charge in [0.1, 0.15) is 6.04 Å². The molecule has 4 heterocycles. The largest absolute Gasteiger partial charge is 0.463 e. The van der Waals surface area contributed by atoms with Crippen LogP contribution in [0.1, 0.15) is 29.0 Å². The van der Waals surface area contributed by atoms with Gasteiger partial charge in [0, 0.05) is 60.0 Å². The Labute approximate surface area is 255 Å². The molecule has 0 radical (unpaired) electrons. The summed E-state index contributed by atoms with van der Waals surface area (Å²) in [6, 6.07) is 17.2. The predicted octanol–water partition coefficient (Wildman–Crippen LogP) is 3.66. The molecule has 0 spiro atoms. The zero-order chi connectivity index (χ0) is 30.1. The molecule has 4 aromatic rings. The van der Waals surface area contributed by atoms with E-state index >= 15 is 0 Å². The molecule has 2 aliphatic heterocycles. The van der Waals surface area contributed by atoms with Crippen LogP contribution in [0.5, 0.6) is 0 Å². The van der Waals surface area contributed by atoms with Crippen LogP contribution in [0.4, 0.5) is 11.4 Å². The maximum atomic E-state index is 14.2. The number of ether oxygens (including phenoxy) is 1. The summed E-state index contributed by atoms with van der Waals surface area (Å²) in [5.41, 5.74) is 2.53. The zero-order valence-corrected chi connectivity index (χ0v) is 25.3. The minimum absolute atomic E-state index is 0.0515. The number of nitro benzene ring substituents is 1. The van der Waals surface area contributed by atoms with Crippen LogP contribution >= 0.6 is 22.7 Å². The minimum Gasteiger partial charge on any atom is -0.463 e. The molecule has 43 heavy (non-hydrogen) atoms. The number of hydrogen-bond acceptors (Lipinski definition) is 10. The molecule has 6 rings (SSSR count). The number of benzene rings is 2. The highest BCUT2D eigenvalue weighted by atomic mass is 32.1. The summed E-state index contributed by atoms with van der Waals surface area (Å²) in [4.78, 5) is 49.5. The number of aromatic nitrogens is 1. The topological polar surface area (TPSA) is 110 Å². The smallest absolute Gasteiger partial charge is 0.338 e. The van der Waals surface area contributed by atoms with Crippen LogP contribution in [0.25, 0.3) is 11.8 Å². The Balaban J connectivity index is 1.58. The number of thiophene rings is 1. The number of thiazole rings is 1. The van der Waals surface area contributed by atoms with Gasteiger partial charge in [0.25, 0.3) is 11.2 Å². The van der Waals surface area contributed by atoms with Crippen molar-refractivity contribution in [3.05, 3.63) is 117 Å². The number of carbonyl (C=O) groups excluding carboxylic acids is 1. The van der Waals surface area contributed by atoms with Gasteiger partial charge in [0.2, 0.25) is 0 Å². The minimum atomic E-state index is -0.741. The fourth-order valence-corrected chi connectivity index (χ4v) is 7.22. The van der Waals surface area contributed by atoms with Gasteiger partial charge < -0.3 is 14.5 Å². The highest BCUT2D eigenvalue weighted by Crippen LogP contribution is 2.37. The summed E-state index contributed by atoms with van der Waals surface area (Å²) < 4.78 is 7.42. The van der Waals surface area contributed by atoms with Crippen LogP contribution in [0.2, 0.25) is 0 Å². The van der Waals surface area contributed by atoms with Gasteiger partial charge in [-0.2, -0.15) is 0 Å². The van der Waals surface area contributed by atoms with E-state index in [0.717, 1.165) is 42.3 Å². The molecule has 10 nitrogen and oxygen atoms in total. The van der Waals surface area contributed by atoms with E-state index in [1.54, 1.807) is 23.6 Å². The average Bonchev–Trinajstić information content (AvgIpc) is 3.66. The first kappa shape index (κ1) is 28.7. The van der Waals surface area contributed by atoms with Crippen LogP contribution in [-0.4, -0.2) is 60.2 Å². The summed E-state index contributed by atoms with van der Waals surface area (Å²) in [6.45, 7) is 5.16. The number of anilines is 1. The lowest BCUT2D eigenvalue weighted by molar-refractivity contribution is -0.384. The third-order valence-corrected chi connectivity index (χ3v) is 9.45. The summed E-state index contributed by atoms with van der Waals surface area (Å²) in [6.07, 6.45) is 1.71. The Morgan fingerprint density at radius 1 is 1.12 bits per heavy atom. The van der Waals surface area contributed by atoms with Crippen molar-refractivity contribution in [2.75, 3.05) is 44.7 Å². The lowest BCUT2D eigenvalue weighted by atomic mass is 9.97. The van der Waals surface area contributed by atoms with E-state index in [1.807, 2.05) is 47.8 Å². The highest BCUT2D eigenvalue weighted by molar-refractivity contribution is 7.10. The standard InChI is InChI=1S/C31H29N5O5S2/c1-3-41-30(38)26-27(20-8-5-4-6-9-20)32-31-35(28(26)24-10-7-17-42-24)29(37)25(43-31)19-21-18-22(36(39)40)11-12-23(21)34-15-13-33(2)14-16-34/h4-12,17-19,28H,3,13-16H2,1-2H3. The van der Waals surface area contributed by atoms with Gasteiger partial charge in [-0.05, 0) is 37.6 Å². The number of nitrogens with zero attached hydrogens (tertiary/aromatic N) is 5. The number of fused-ring (bicyclic) bond motifs is 1. The summed E-state index contributed by atoms with van der Waals surface area (Å²) in [5.74, 6) is -0.534. The molecular weight excluding hydrogens is 587 g/mol. The van der Waals surface area contributed by atoms with Gasteiger partial charge in [-0.15, -0.1) is 11.3 Å². The number of piperazine rings is 1. The normalized spacial score (nSPS) is 17.5. The fourth-order valence-electron chi connectivity index (χ4n) is 5.40. The zero-order valence-electron chi connectivity index (χ0n) is 23.6. The summed E-state index contributed by atoms with van der Waals surface area (Å²) >= 11 is 2.65. The van der Waals surface area contributed by atoms with Gasteiger partial charge >= 0.3 is 5.97 Å². The Morgan fingerprint density at radius 3 is 2.56 bits per heavy atom. The van der Waals surface area contributed by atoms with Crippen molar-refractivity contribution in [2.45, 2.75) is 13.0 Å². The van der Waals surface area contributed by atoms with Crippen LogP contribution in [0, 0.1) is 10.1 Å². The SMILES string of the molecule is CCOC(=O)C1=C(c2ccccc2)N=c2sc(=Cc3cc([N+](=O)[O-])ccc3N3CCN(C)CC3)c(=O)n2C1c1cccs1. The van der Waals surface area contributed by atoms with Crippen LogP contribution in [-0.2, 0) is 9.53 Å². The second kappa shape index (κ2) is 12.1. The molecule has 220 valence electrons. The molecule has 0 N–H and O–H groups in total. The van der Waals surface area contributed by atoms with E-state index in [9.17, 15) is 19.7 Å². The molecule has 2 aromatic carbocycles. The van der Waals surface area contributed by atoms with Gasteiger partial charge in [0.15, 0.2) is 4.80 Å². The number of hydrogen-bond donors (Lipinski definition) is 0. The van der Waals surface area contributed by atoms with Gasteiger partial charge in [0.05, 0.1) is 27.3 Å². The first-order chi connectivity index (χ1) is 20.9. The molecule has 1 saturated heterocycles. The van der Waals surface area contributed by atoms with Crippen molar-refractivity contribution in [3.8, 4) is 0 Å². The molecule has 1 fully saturated rings. The molecule has 0 bridgehead atoms. The van der Waals surface area contributed by atoms with Crippen molar-refractivity contribution in [2.24, 2.45) is 4.99 Å². The van der Waals surface area contributed by atoms with E-state index in [2.05, 4.69) is 16.8 Å². The van der Waals surface area contributed by atoms with Gasteiger partial charge in [-0.3, -0.25) is 19.5 Å². The monoisotopic (exact) mass is 615 g/mol. The second-order valence-electron chi connectivity index (χ2n) is 10.2. The Bertz CT molecular complexity index is 1890. The van der Waals surface area contributed by atoms with Crippen molar-refractivity contribution in [3.63, 3.8) is 0 Å². The number of likely N-dealkylation sites (N-methyl/N-ethyl adjacent to an activating group) is 1. The number of nitro groups is 1. The van der Waals surface area contributed by atoms with Gasteiger partial charge in [-0.25, -0.2) is 9.79 Å². The molecule has 0 amide bonds. The van der Waals surface area contributed by atoms with Crippen molar-refractivity contribution < 1.29 is 14.5 Å². The maximum Gasteiger partial charge on any atom is 0.338 e. The highest BCUT2D eigenvalue weighted by Gasteiger charge is 2.35. The first-order valence-corrected chi connectivity index (χ1v) is 15.6. The summed E-state index contributed by atoms with van der Waals surface area (Å²) in [5, 5.41) is 13.6. The maximum absolute atomic E-state index is 14.2. The molecule has 2 aromatic heterocycles. The van der Waals surface area contributed by atoms with E-state index < -0.39 is 16.9 Å². The Hall–Kier alpha value is -4.39. The predicted molar refractivity (Wildman–Crippen MR) is 168 cm³/mol. The molecular formula is C31H29N5O5S2.